The second-order valence-corrected chi connectivity index (χ2v) is 6.61. The molecule has 1 fully saturated rings. The van der Waals surface area contributed by atoms with Crippen LogP contribution < -0.4 is 4.90 Å². The van der Waals surface area contributed by atoms with Crippen LogP contribution in [0.2, 0.25) is 0 Å². The molecule has 2 aromatic rings. The molecule has 22 heavy (non-hydrogen) atoms. The highest BCUT2D eigenvalue weighted by atomic mass is 16.2. The van der Waals surface area contributed by atoms with Gasteiger partial charge in [0.05, 0.1) is 6.54 Å². The van der Waals surface area contributed by atoms with Crippen LogP contribution in [0, 0.1) is 5.92 Å². The van der Waals surface area contributed by atoms with Gasteiger partial charge < -0.3 is 9.47 Å². The normalized spacial score (nSPS) is 18.0. The highest BCUT2D eigenvalue weighted by molar-refractivity contribution is 5.96. The fourth-order valence-electron chi connectivity index (χ4n) is 3.95. The van der Waals surface area contributed by atoms with E-state index in [0.717, 1.165) is 24.9 Å². The van der Waals surface area contributed by atoms with E-state index in [4.69, 9.17) is 0 Å². The number of rotatable bonds is 1. The van der Waals surface area contributed by atoms with E-state index in [1.165, 1.54) is 29.7 Å². The second-order valence-electron chi connectivity index (χ2n) is 6.61. The maximum atomic E-state index is 13.1. The fraction of sp³-hybridized carbons (Fsp3) is 0.421. The number of hydrogen-bond acceptors (Lipinski definition) is 1. The summed E-state index contributed by atoms with van der Waals surface area (Å²) in [5, 5.41) is 0. The summed E-state index contributed by atoms with van der Waals surface area (Å²) in [6.07, 6.45) is 7.52. The lowest BCUT2D eigenvalue weighted by atomic mass is 10.0. The molecule has 0 saturated heterocycles. The predicted molar refractivity (Wildman–Crippen MR) is 87.8 cm³/mol. The van der Waals surface area contributed by atoms with Crippen molar-refractivity contribution in [2.75, 3.05) is 4.90 Å². The van der Waals surface area contributed by atoms with Crippen molar-refractivity contribution in [1.29, 1.82) is 0 Å². The number of amides is 1. The zero-order valence-corrected chi connectivity index (χ0v) is 13.1. The van der Waals surface area contributed by atoms with E-state index < -0.39 is 0 Å². The van der Waals surface area contributed by atoms with Crippen molar-refractivity contribution < 1.29 is 4.79 Å². The Kier molecular flexibility index (Phi) is 3.29. The molecule has 2 heterocycles. The molecule has 0 radical (unpaired) electrons. The van der Waals surface area contributed by atoms with E-state index in [0.29, 0.717) is 12.5 Å². The molecule has 1 aliphatic heterocycles. The van der Waals surface area contributed by atoms with E-state index in [1.807, 2.05) is 11.0 Å². The van der Waals surface area contributed by atoms with Gasteiger partial charge in [-0.1, -0.05) is 31.0 Å². The number of para-hydroxylation sites is 1. The zero-order valence-electron chi connectivity index (χ0n) is 13.1. The lowest BCUT2D eigenvalue weighted by Gasteiger charge is -2.26. The number of carbonyl (C=O) groups excluding carboxylic acids is 1. The number of nitrogens with zero attached hydrogens (tertiary/aromatic N) is 2. The largest absolute Gasteiger partial charge is 0.354 e. The van der Waals surface area contributed by atoms with Crippen LogP contribution in [-0.4, -0.2) is 10.5 Å². The molecule has 0 bridgehead atoms. The van der Waals surface area contributed by atoms with Gasteiger partial charge in [0.15, 0.2) is 0 Å². The molecule has 2 aliphatic rings. The van der Waals surface area contributed by atoms with Crippen LogP contribution in [0.25, 0.3) is 0 Å². The van der Waals surface area contributed by atoms with Crippen molar-refractivity contribution in [3.05, 3.63) is 53.3 Å². The number of hydrogen-bond donors (Lipinski definition) is 0. The van der Waals surface area contributed by atoms with E-state index in [9.17, 15) is 4.79 Å². The van der Waals surface area contributed by atoms with Crippen LogP contribution in [0.4, 0.5) is 5.69 Å². The van der Waals surface area contributed by atoms with E-state index in [1.54, 1.807) is 0 Å². The molecule has 1 aromatic heterocycles. The Hall–Kier alpha value is -2.03. The van der Waals surface area contributed by atoms with Crippen LogP contribution in [0.1, 0.15) is 42.5 Å². The number of fused-ring (bicyclic) bond motifs is 2. The molecule has 0 N–H and O–H groups in total. The van der Waals surface area contributed by atoms with Gasteiger partial charge in [0.25, 0.3) is 0 Å². The third-order valence-corrected chi connectivity index (χ3v) is 5.23. The van der Waals surface area contributed by atoms with Crippen molar-refractivity contribution in [2.24, 2.45) is 13.0 Å². The summed E-state index contributed by atoms with van der Waals surface area (Å²) in [4.78, 5) is 15.1. The van der Waals surface area contributed by atoms with Crippen molar-refractivity contribution in [3.8, 4) is 0 Å². The minimum absolute atomic E-state index is 0.221. The summed E-state index contributed by atoms with van der Waals surface area (Å²) in [5.74, 6) is 0.542. The van der Waals surface area contributed by atoms with Gasteiger partial charge in [-0.15, -0.1) is 0 Å². The zero-order chi connectivity index (χ0) is 15.1. The Morgan fingerprint density at radius 2 is 1.86 bits per heavy atom. The summed E-state index contributed by atoms with van der Waals surface area (Å²) < 4.78 is 2.19. The molecular weight excluding hydrogens is 272 g/mol. The van der Waals surface area contributed by atoms with Gasteiger partial charge >= 0.3 is 0 Å². The number of anilines is 1. The first-order chi connectivity index (χ1) is 10.7. The van der Waals surface area contributed by atoms with Crippen molar-refractivity contribution >= 4 is 11.6 Å². The first kappa shape index (κ1) is 13.6. The molecule has 0 unspecified atom stereocenters. The molecule has 4 rings (SSSR count). The highest BCUT2D eigenvalue weighted by Crippen LogP contribution is 2.34. The van der Waals surface area contributed by atoms with Crippen molar-refractivity contribution in [2.45, 2.75) is 38.6 Å². The number of aryl methyl sites for hydroxylation is 1. The van der Waals surface area contributed by atoms with E-state index >= 15 is 0 Å². The molecule has 1 aromatic carbocycles. The van der Waals surface area contributed by atoms with Gasteiger partial charge in [0.1, 0.15) is 0 Å². The lowest BCUT2D eigenvalue weighted by Crippen LogP contribution is -2.34. The molecule has 3 nitrogen and oxygen atoms in total. The maximum absolute atomic E-state index is 13.1. The fourth-order valence-corrected chi connectivity index (χ4v) is 3.95. The van der Waals surface area contributed by atoms with Crippen LogP contribution in [0.3, 0.4) is 0 Å². The maximum Gasteiger partial charge on any atom is 0.230 e. The summed E-state index contributed by atoms with van der Waals surface area (Å²) >= 11 is 0. The number of aromatic nitrogens is 1. The molecule has 1 aliphatic carbocycles. The molecule has 3 heteroatoms. The minimum Gasteiger partial charge on any atom is -0.354 e. The van der Waals surface area contributed by atoms with Gasteiger partial charge in [-0.25, -0.2) is 0 Å². The monoisotopic (exact) mass is 294 g/mol. The Morgan fingerprint density at radius 3 is 2.68 bits per heavy atom. The standard InChI is InChI=1S/C19H22N2O/c1-20-11-10-16-13-21(19(22)14-6-2-3-7-14)17-9-5-4-8-15(17)12-18(16)20/h4-5,8-11,14H,2-3,6-7,12-13H2,1H3. The van der Waals surface area contributed by atoms with E-state index in [-0.39, 0.29) is 5.92 Å². The summed E-state index contributed by atoms with van der Waals surface area (Å²) in [5.41, 5.74) is 4.98. The Labute approximate surface area is 131 Å². The molecular formula is C19H22N2O. The number of benzene rings is 1. The molecule has 1 amide bonds. The topological polar surface area (TPSA) is 25.2 Å². The van der Waals surface area contributed by atoms with Gasteiger partial charge in [-0.2, -0.15) is 0 Å². The predicted octanol–water partition coefficient (Wildman–Crippen LogP) is 3.65. The van der Waals surface area contributed by atoms with Crippen molar-refractivity contribution in [1.82, 2.24) is 4.57 Å². The first-order valence-electron chi connectivity index (χ1n) is 8.26. The Morgan fingerprint density at radius 1 is 1.09 bits per heavy atom. The molecule has 0 atom stereocenters. The van der Waals surface area contributed by atoms with Gasteiger partial charge in [0.2, 0.25) is 5.91 Å². The number of carbonyl (C=O) groups is 1. The Bertz CT molecular complexity index is 710. The average Bonchev–Trinajstić information content (AvgIpc) is 3.14. The highest BCUT2D eigenvalue weighted by Gasteiger charge is 2.31. The van der Waals surface area contributed by atoms with Gasteiger partial charge in [-0.05, 0) is 36.1 Å². The third-order valence-electron chi connectivity index (χ3n) is 5.23. The lowest BCUT2D eigenvalue weighted by molar-refractivity contribution is -0.122. The SMILES string of the molecule is Cn1ccc2c1Cc1ccccc1N(C(=O)C1CCCC1)C2. The Balaban J connectivity index is 1.78. The third kappa shape index (κ3) is 2.16. The van der Waals surface area contributed by atoms with Crippen molar-refractivity contribution in [3.63, 3.8) is 0 Å². The minimum atomic E-state index is 0.221. The summed E-state index contributed by atoms with van der Waals surface area (Å²) in [6.45, 7) is 0.711. The van der Waals surface area contributed by atoms with Crippen LogP contribution in [0.5, 0.6) is 0 Å². The quantitative estimate of drug-likeness (QED) is 0.788. The van der Waals surface area contributed by atoms with Gasteiger partial charge in [-0.3, -0.25) is 4.79 Å². The molecule has 1 saturated carbocycles. The first-order valence-corrected chi connectivity index (χ1v) is 8.26. The van der Waals surface area contributed by atoms with E-state index in [2.05, 4.69) is 42.1 Å². The molecule has 114 valence electrons. The second kappa shape index (κ2) is 5.31. The van der Waals surface area contributed by atoms with Crippen LogP contribution in [0.15, 0.2) is 36.5 Å². The van der Waals surface area contributed by atoms with Crippen LogP contribution >= 0.6 is 0 Å². The van der Waals surface area contributed by atoms with Crippen LogP contribution in [-0.2, 0) is 24.8 Å². The summed E-state index contributed by atoms with van der Waals surface area (Å²) in [6, 6.07) is 10.5. The molecule has 0 spiro atoms. The van der Waals surface area contributed by atoms with Gasteiger partial charge in [0, 0.05) is 37.0 Å². The smallest absolute Gasteiger partial charge is 0.230 e. The summed E-state index contributed by atoms with van der Waals surface area (Å²) in [7, 11) is 2.09. The average molecular weight is 294 g/mol.